The summed E-state index contributed by atoms with van der Waals surface area (Å²) >= 11 is 0. The Morgan fingerprint density at radius 1 is 0.800 bits per heavy atom. The zero-order valence-corrected chi connectivity index (χ0v) is 10.4. The van der Waals surface area contributed by atoms with E-state index in [1.165, 1.54) is 25.7 Å². The third kappa shape index (κ3) is 4.85. The monoisotopic (exact) mass is 216 g/mol. The average Bonchev–Trinajstić information content (AvgIpc) is 1.77. The van der Waals surface area contributed by atoms with Gasteiger partial charge < -0.3 is 7.43 Å². The van der Waals surface area contributed by atoms with Gasteiger partial charge in [0, 0.05) is 32.7 Å². The Morgan fingerprint density at radius 3 is 1.20 bits per heavy atom. The molecule has 1 heteroatoms. The van der Waals surface area contributed by atoms with Crippen LogP contribution in [0.4, 0.5) is 0 Å². The molecular formula is C9H19Y-. The second kappa shape index (κ2) is 6.79. The van der Waals surface area contributed by atoms with Gasteiger partial charge >= 0.3 is 0 Å². The molecular weight excluding hydrogens is 197 g/mol. The molecule has 0 heterocycles. The molecule has 0 aromatic heterocycles. The summed E-state index contributed by atoms with van der Waals surface area (Å²) in [4.78, 5) is 0. The van der Waals surface area contributed by atoms with Gasteiger partial charge in [-0.05, 0) is 11.8 Å². The van der Waals surface area contributed by atoms with Crippen molar-refractivity contribution in [2.24, 2.45) is 11.8 Å². The molecule has 0 nitrogen and oxygen atoms in total. The van der Waals surface area contributed by atoms with Crippen molar-refractivity contribution in [1.82, 2.24) is 0 Å². The molecule has 0 N–H and O–H groups in total. The number of hydrogen-bond acceptors (Lipinski definition) is 0. The Kier molecular flexibility index (Phi) is 9.29. The van der Waals surface area contributed by atoms with E-state index in [-0.39, 0.29) is 40.1 Å². The SMILES string of the molecule is CC1CCC(C)CC1.[CH3-].[Y]. The van der Waals surface area contributed by atoms with Crippen molar-refractivity contribution >= 4 is 0 Å². The van der Waals surface area contributed by atoms with E-state index in [4.69, 9.17) is 0 Å². The zero-order chi connectivity index (χ0) is 5.98. The predicted molar refractivity (Wildman–Crippen MR) is 43.2 cm³/mol. The van der Waals surface area contributed by atoms with E-state index in [0.717, 1.165) is 11.8 Å². The minimum absolute atomic E-state index is 0. The fourth-order valence-corrected chi connectivity index (χ4v) is 1.43. The first-order valence-corrected chi connectivity index (χ1v) is 3.79. The first kappa shape index (κ1) is 13.7. The minimum Gasteiger partial charge on any atom is -0.358 e. The minimum atomic E-state index is 0. The van der Waals surface area contributed by atoms with Gasteiger partial charge in [-0.2, -0.15) is 0 Å². The van der Waals surface area contributed by atoms with Crippen LogP contribution in [0.25, 0.3) is 0 Å². The van der Waals surface area contributed by atoms with Crippen molar-refractivity contribution in [3.05, 3.63) is 7.43 Å². The van der Waals surface area contributed by atoms with E-state index in [1.807, 2.05) is 0 Å². The number of rotatable bonds is 0. The fraction of sp³-hybridized carbons (Fsp3) is 0.889. The van der Waals surface area contributed by atoms with Crippen molar-refractivity contribution in [2.75, 3.05) is 0 Å². The molecule has 0 amide bonds. The van der Waals surface area contributed by atoms with Gasteiger partial charge in [0.1, 0.15) is 0 Å². The normalized spacial score (nSPS) is 31.8. The summed E-state index contributed by atoms with van der Waals surface area (Å²) < 4.78 is 0. The summed E-state index contributed by atoms with van der Waals surface area (Å²) in [6, 6.07) is 0. The molecule has 0 spiro atoms. The Hall–Kier alpha value is 1.10. The second-order valence-corrected chi connectivity index (χ2v) is 3.37. The Labute approximate surface area is 91.0 Å². The van der Waals surface area contributed by atoms with Crippen molar-refractivity contribution in [3.63, 3.8) is 0 Å². The molecule has 0 aromatic rings. The molecule has 0 atom stereocenters. The van der Waals surface area contributed by atoms with E-state index < -0.39 is 0 Å². The largest absolute Gasteiger partial charge is 0.358 e. The number of hydrogen-bond donors (Lipinski definition) is 0. The third-order valence-electron chi connectivity index (χ3n) is 2.30. The van der Waals surface area contributed by atoms with Crippen LogP contribution < -0.4 is 0 Å². The van der Waals surface area contributed by atoms with Crippen LogP contribution in [-0.2, 0) is 32.7 Å². The summed E-state index contributed by atoms with van der Waals surface area (Å²) in [7, 11) is 0. The summed E-state index contributed by atoms with van der Waals surface area (Å²) in [6.45, 7) is 4.73. The average molecular weight is 216 g/mol. The third-order valence-corrected chi connectivity index (χ3v) is 2.30. The smallest absolute Gasteiger partial charge is 0 e. The molecule has 0 unspecified atom stereocenters. The van der Waals surface area contributed by atoms with Crippen LogP contribution in [0.1, 0.15) is 39.5 Å². The quantitative estimate of drug-likeness (QED) is 0.545. The van der Waals surface area contributed by atoms with Crippen molar-refractivity contribution in [2.45, 2.75) is 39.5 Å². The van der Waals surface area contributed by atoms with Gasteiger partial charge in [-0.15, -0.1) is 0 Å². The molecule has 1 radical (unpaired) electrons. The first-order valence-electron chi connectivity index (χ1n) is 3.79. The van der Waals surface area contributed by atoms with Crippen molar-refractivity contribution in [1.29, 1.82) is 0 Å². The molecule has 1 rings (SSSR count). The molecule has 1 aliphatic carbocycles. The van der Waals surface area contributed by atoms with E-state index in [1.54, 1.807) is 0 Å². The fourth-order valence-electron chi connectivity index (χ4n) is 1.43. The maximum Gasteiger partial charge on any atom is 0 e. The molecule has 0 bridgehead atoms. The molecule has 0 aliphatic heterocycles. The maximum atomic E-state index is 2.37. The summed E-state index contributed by atoms with van der Waals surface area (Å²) in [6.07, 6.45) is 5.89. The molecule has 1 fully saturated rings. The van der Waals surface area contributed by atoms with Gasteiger partial charge in [0.05, 0.1) is 0 Å². The molecule has 0 aromatic carbocycles. The standard InChI is InChI=1S/C8H16.CH3.Y/c1-7-3-5-8(2)6-4-7;;/h7-8H,3-6H2,1-2H3;1H3;/q;-1;. The zero-order valence-electron chi connectivity index (χ0n) is 7.56. The van der Waals surface area contributed by atoms with Crippen molar-refractivity contribution < 1.29 is 32.7 Å². The molecule has 0 saturated heterocycles. The maximum absolute atomic E-state index is 2.37. The summed E-state index contributed by atoms with van der Waals surface area (Å²) in [5, 5.41) is 0. The van der Waals surface area contributed by atoms with Gasteiger partial charge in [0.2, 0.25) is 0 Å². The summed E-state index contributed by atoms with van der Waals surface area (Å²) in [5.74, 6) is 2.04. The summed E-state index contributed by atoms with van der Waals surface area (Å²) in [5.41, 5.74) is 0. The molecule has 10 heavy (non-hydrogen) atoms. The van der Waals surface area contributed by atoms with Crippen LogP contribution in [0.5, 0.6) is 0 Å². The first-order chi connectivity index (χ1) is 3.79. The van der Waals surface area contributed by atoms with E-state index >= 15 is 0 Å². The Balaban J connectivity index is 0. The molecule has 1 aliphatic rings. The van der Waals surface area contributed by atoms with Gasteiger partial charge in [-0.1, -0.05) is 39.5 Å². The molecule has 1 saturated carbocycles. The van der Waals surface area contributed by atoms with Crippen LogP contribution >= 0.6 is 0 Å². The van der Waals surface area contributed by atoms with Gasteiger partial charge in [0.25, 0.3) is 0 Å². The van der Waals surface area contributed by atoms with Crippen LogP contribution in [0.3, 0.4) is 0 Å². The van der Waals surface area contributed by atoms with Crippen molar-refractivity contribution in [3.8, 4) is 0 Å². The van der Waals surface area contributed by atoms with Crippen LogP contribution in [0, 0.1) is 19.3 Å². The van der Waals surface area contributed by atoms with E-state index in [9.17, 15) is 0 Å². The van der Waals surface area contributed by atoms with E-state index in [0.29, 0.717) is 0 Å². The van der Waals surface area contributed by atoms with Gasteiger partial charge in [-0.3, -0.25) is 0 Å². The van der Waals surface area contributed by atoms with Crippen LogP contribution in [0.2, 0.25) is 0 Å². The second-order valence-electron chi connectivity index (χ2n) is 3.37. The Bertz CT molecular complexity index is 53.1. The predicted octanol–water partition coefficient (Wildman–Crippen LogP) is 3.28. The topological polar surface area (TPSA) is 0 Å². The van der Waals surface area contributed by atoms with E-state index in [2.05, 4.69) is 13.8 Å². The van der Waals surface area contributed by atoms with Crippen LogP contribution in [0.15, 0.2) is 0 Å². The van der Waals surface area contributed by atoms with Gasteiger partial charge in [-0.25, -0.2) is 0 Å². The Morgan fingerprint density at radius 2 is 1.00 bits per heavy atom. The van der Waals surface area contributed by atoms with Crippen LogP contribution in [-0.4, -0.2) is 0 Å². The molecule has 59 valence electrons. The van der Waals surface area contributed by atoms with Gasteiger partial charge in [0.15, 0.2) is 0 Å².